The number of halogens is 1. The molecule has 2 aromatic carbocycles. The molecule has 0 saturated carbocycles. The van der Waals surface area contributed by atoms with Gasteiger partial charge in [-0.2, -0.15) is 0 Å². The van der Waals surface area contributed by atoms with Crippen molar-refractivity contribution in [1.82, 2.24) is 0 Å². The van der Waals surface area contributed by atoms with E-state index >= 15 is 0 Å². The Hall–Kier alpha value is -1.66. The minimum Gasteiger partial charge on any atom is -0.494 e. The van der Waals surface area contributed by atoms with Gasteiger partial charge in [0.1, 0.15) is 5.75 Å². The molecule has 1 aliphatic rings. The molecule has 0 saturated heterocycles. The van der Waals surface area contributed by atoms with Crippen LogP contribution in [0.1, 0.15) is 37.8 Å². The summed E-state index contributed by atoms with van der Waals surface area (Å²) in [5, 5.41) is 2.90. The Morgan fingerprint density at radius 3 is 2.67 bits per heavy atom. The number of anilines is 1. The van der Waals surface area contributed by atoms with Gasteiger partial charge in [-0.3, -0.25) is 9.00 Å². The van der Waals surface area contributed by atoms with E-state index in [4.69, 9.17) is 4.74 Å². The molecule has 0 spiro atoms. The number of carbonyl (C=O) groups excluding carboxylic acids is 1. The van der Waals surface area contributed by atoms with Gasteiger partial charge in [0, 0.05) is 20.8 Å². The van der Waals surface area contributed by atoms with Gasteiger partial charge < -0.3 is 10.1 Å². The van der Waals surface area contributed by atoms with Crippen molar-refractivity contribution in [2.75, 3.05) is 17.7 Å². The first kappa shape index (κ1) is 20.1. The highest BCUT2D eigenvalue weighted by Gasteiger charge is 2.38. The van der Waals surface area contributed by atoms with E-state index in [9.17, 15) is 9.00 Å². The summed E-state index contributed by atoms with van der Waals surface area (Å²) in [6, 6.07) is 11.5. The van der Waals surface area contributed by atoms with E-state index in [0.717, 1.165) is 44.8 Å². The smallest absolute Gasteiger partial charge is 0.234 e. The average molecular weight is 450 g/mol. The van der Waals surface area contributed by atoms with Crippen LogP contribution in [0.4, 0.5) is 5.69 Å². The van der Waals surface area contributed by atoms with E-state index in [2.05, 4.69) is 21.2 Å². The zero-order valence-electron chi connectivity index (χ0n) is 15.8. The second-order valence-electron chi connectivity index (χ2n) is 7.30. The predicted octanol–water partition coefficient (Wildman–Crippen LogP) is 4.95. The third kappa shape index (κ3) is 4.43. The number of hydrogen-bond acceptors (Lipinski definition) is 3. The van der Waals surface area contributed by atoms with Gasteiger partial charge >= 0.3 is 0 Å². The lowest BCUT2D eigenvalue weighted by atomic mass is 9.86. The fraction of sp³-hybridized carbons (Fsp3) is 0.381. The van der Waals surface area contributed by atoms with Gasteiger partial charge in [0.25, 0.3) is 0 Å². The lowest BCUT2D eigenvalue weighted by Gasteiger charge is -2.16. The van der Waals surface area contributed by atoms with Crippen molar-refractivity contribution in [2.45, 2.75) is 43.9 Å². The molecule has 1 heterocycles. The molecule has 4 nitrogen and oxygen atoms in total. The maximum atomic E-state index is 12.4. The molecule has 0 aliphatic carbocycles. The van der Waals surface area contributed by atoms with E-state index in [0.29, 0.717) is 12.4 Å². The summed E-state index contributed by atoms with van der Waals surface area (Å²) in [6.45, 7) is 6.39. The predicted molar refractivity (Wildman–Crippen MR) is 113 cm³/mol. The van der Waals surface area contributed by atoms with Crippen molar-refractivity contribution < 1.29 is 13.7 Å². The first-order valence-corrected chi connectivity index (χ1v) is 11.1. The summed E-state index contributed by atoms with van der Waals surface area (Å²) in [5.74, 6) is 1.41. The Bertz CT molecular complexity index is 895. The average Bonchev–Trinajstić information content (AvgIpc) is 2.86. The SMILES string of the molecule is Cc1cc(S(=O)CCCCOc2ccc3c(c2)C(C)(C)C(=O)N3)ccc1Br. The third-order valence-corrected chi connectivity index (χ3v) is 7.19. The Morgan fingerprint density at radius 2 is 1.93 bits per heavy atom. The van der Waals surface area contributed by atoms with E-state index in [1.165, 1.54) is 0 Å². The van der Waals surface area contributed by atoms with Crippen molar-refractivity contribution in [3.05, 3.63) is 52.0 Å². The van der Waals surface area contributed by atoms with Gasteiger partial charge in [-0.25, -0.2) is 0 Å². The van der Waals surface area contributed by atoms with Gasteiger partial charge in [-0.1, -0.05) is 15.9 Å². The number of unbranched alkanes of at least 4 members (excludes halogenated alkanes) is 1. The first-order chi connectivity index (χ1) is 12.8. The van der Waals surface area contributed by atoms with Crippen LogP contribution in [0.2, 0.25) is 0 Å². The highest BCUT2D eigenvalue weighted by Crippen LogP contribution is 2.39. The summed E-state index contributed by atoms with van der Waals surface area (Å²) < 4.78 is 19.3. The molecule has 0 fully saturated rings. The zero-order valence-corrected chi connectivity index (χ0v) is 18.2. The van der Waals surface area contributed by atoms with Gasteiger partial charge in [-0.05, 0) is 81.1 Å². The molecule has 0 bridgehead atoms. The van der Waals surface area contributed by atoms with E-state index < -0.39 is 16.2 Å². The largest absolute Gasteiger partial charge is 0.494 e. The van der Waals surface area contributed by atoms with Crippen molar-refractivity contribution >= 4 is 38.3 Å². The summed E-state index contributed by atoms with van der Waals surface area (Å²) >= 11 is 3.46. The normalized spacial score (nSPS) is 15.9. The molecule has 6 heteroatoms. The number of ether oxygens (including phenoxy) is 1. The lowest BCUT2D eigenvalue weighted by molar-refractivity contribution is -0.119. The summed E-state index contributed by atoms with van der Waals surface area (Å²) in [5.41, 5.74) is 2.39. The van der Waals surface area contributed by atoms with Crippen LogP contribution < -0.4 is 10.1 Å². The van der Waals surface area contributed by atoms with E-state index in [-0.39, 0.29) is 5.91 Å². The summed E-state index contributed by atoms with van der Waals surface area (Å²) in [7, 11) is -0.986. The van der Waals surface area contributed by atoms with Crippen molar-refractivity contribution in [3.8, 4) is 5.75 Å². The second-order valence-corrected chi connectivity index (χ2v) is 9.73. The number of rotatable bonds is 7. The van der Waals surface area contributed by atoms with Crippen molar-refractivity contribution in [2.24, 2.45) is 0 Å². The molecule has 1 N–H and O–H groups in total. The maximum Gasteiger partial charge on any atom is 0.234 e. The minimum absolute atomic E-state index is 0.0142. The highest BCUT2D eigenvalue weighted by atomic mass is 79.9. The molecule has 1 aliphatic heterocycles. The van der Waals surface area contributed by atoms with Gasteiger partial charge in [-0.15, -0.1) is 0 Å². The van der Waals surface area contributed by atoms with Crippen LogP contribution in [0.15, 0.2) is 45.8 Å². The van der Waals surface area contributed by atoms with Gasteiger partial charge in [0.05, 0.1) is 22.8 Å². The number of nitrogens with one attached hydrogen (secondary N) is 1. The molecular weight excluding hydrogens is 426 g/mol. The van der Waals surface area contributed by atoms with Crippen LogP contribution in [0.25, 0.3) is 0 Å². The monoisotopic (exact) mass is 449 g/mol. The third-order valence-electron chi connectivity index (χ3n) is 4.87. The molecule has 2 aromatic rings. The number of carbonyl (C=O) groups is 1. The van der Waals surface area contributed by atoms with Crippen LogP contribution in [-0.4, -0.2) is 22.5 Å². The van der Waals surface area contributed by atoms with E-state index in [1.807, 2.05) is 57.2 Å². The van der Waals surface area contributed by atoms with Gasteiger partial charge in [0.15, 0.2) is 0 Å². The van der Waals surface area contributed by atoms with Crippen LogP contribution in [0.3, 0.4) is 0 Å². The van der Waals surface area contributed by atoms with Gasteiger partial charge in [0.2, 0.25) is 5.91 Å². The Morgan fingerprint density at radius 1 is 1.15 bits per heavy atom. The number of benzene rings is 2. The van der Waals surface area contributed by atoms with Crippen LogP contribution in [0.5, 0.6) is 5.75 Å². The number of hydrogen-bond donors (Lipinski definition) is 1. The molecule has 144 valence electrons. The minimum atomic E-state index is -0.986. The van der Waals surface area contributed by atoms with Crippen molar-refractivity contribution in [3.63, 3.8) is 0 Å². The topological polar surface area (TPSA) is 55.4 Å². The Kier molecular flexibility index (Phi) is 6.06. The number of amides is 1. The quantitative estimate of drug-likeness (QED) is 0.607. The van der Waals surface area contributed by atoms with Crippen molar-refractivity contribution in [1.29, 1.82) is 0 Å². The molecule has 1 atom stereocenters. The lowest BCUT2D eigenvalue weighted by Crippen LogP contribution is -2.26. The summed E-state index contributed by atoms with van der Waals surface area (Å²) in [4.78, 5) is 12.9. The maximum absolute atomic E-state index is 12.4. The Balaban J connectivity index is 1.47. The fourth-order valence-electron chi connectivity index (χ4n) is 3.04. The molecule has 0 radical (unpaired) electrons. The van der Waals surface area contributed by atoms with Crippen LogP contribution in [0, 0.1) is 6.92 Å². The molecule has 0 aromatic heterocycles. The summed E-state index contributed by atoms with van der Waals surface area (Å²) in [6.07, 6.45) is 1.66. The number of fused-ring (bicyclic) bond motifs is 1. The molecule has 3 rings (SSSR count). The van der Waals surface area contributed by atoms with E-state index in [1.54, 1.807) is 0 Å². The Labute approximate surface area is 171 Å². The molecule has 1 unspecified atom stereocenters. The zero-order chi connectivity index (χ0) is 19.6. The first-order valence-electron chi connectivity index (χ1n) is 9.02. The molecular formula is C21H24BrNO3S. The number of aryl methyl sites for hydroxylation is 1. The second kappa shape index (κ2) is 8.15. The van der Waals surface area contributed by atoms with Crippen LogP contribution in [-0.2, 0) is 21.0 Å². The molecule has 27 heavy (non-hydrogen) atoms. The fourth-order valence-corrected chi connectivity index (χ4v) is 4.52. The standard InChI is InChI=1S/C21H24BrNO3S/c1-14-12-16(7-8-18(14)22)27(25)11-5-4-10-26-15-6-9-19-17(13-15)21(2,3)20(24)23-19/h6-9,12-13H,4-5,10-11H2,1-3H3,(H,23,24). The highest BCUT2D eigenvalue weighted by molar-refractivity contribution is 9.10. The van der Waals surface area contributed by atoms with Crippen LogP contribution >= 0.6 is 15.9 Å². The molecule has 1 amide bonds.